The molecule has 2 aromatic rings. The average molecular weight is 221 g/mol. The Morgan fingerprint density at radius 3 is 2.20 bits per heavy atom. The molecule has 0 spiro atoms. The van der Waals surface area contributed by atoms with E-state index in [9.17, 15) is 5.11 Å². The molecule has 4 heteroatoms. The molecule has 15 heavy (non-hydrogen) atoms. The molecule has 1 atom stereocenters. The van der Waals surface area contributed by atoms with Crippen molar-refractivity contribution >= 4 is 11.6 Å². The molecule has 0 saturated carbocycles. The van der Waals surface area contributed by atoms with Gasteiger partial charge in [-0.3, -0.25) is 0 Å². The highest BCUT2D eigenvalue weighted by molar-refractivity contribution is 6.30. The van der Waals surface area contributed by atoms with Crippen molar-refractivity contribution in [3.63, 3.8) is 0 Å². The Balaban J connectivity index is 2.29. The molecule has 0 aliphatic carbocycles. The first-order valence-electron chi connectivity index (χ1n) is 4.46. The van der Waals surface area contributed by atoms with E-state index in [4.69, 9.17) is 11.6 Å². The van der Waals surface area contributed by atoms with Crippen molar-refractivity contribution in [1.29, 1.82) is 0 Å². The van der Waals surface area contributed by atoms with E-state index in [1.165, 1.54) is 6.33 Å². The third kappa shape index (κ3) is 2.32. The van der Waals surface area contributed by atoms with Crippen LogP contribution in [0.2, 0.25) is 5.02 Å². The summed E-state index contributed by atoms with van der Waals surface area (Å²) in [6, 6.07) is 7.04. The quantitative estimate of drug-likeness (QED) is 0.844. The maximum absolute atomic E-state index is 9.96. The largest absolute Gasteiger partial charge is 0.384 e. The summed E-state index contributed by atoms with van der Waals surface area (Å²) in [5.41, 5.74) is 1.44. The highest BCUT2D eigenvalue weighted by Crippen LogP contribution is 2.21. The van der Waals surface area contributed by atoms with Gasteiger partial charge in [0.25, 0.3) is 0 Å². The summed E-state index contributed by atoms with van der Waals surface area (Å²) in [4.78, 5) is 7.70. The number of aliphatic hydroxyl groups is 1. The predicted molar refractivity (Wildman–Crippen MR) is 57.5 cm³/mol. The molecule has 3 nitrogen and oxygen atoms in total. The summed E-state index contributed by atoms with van der Waals surface area (Å²) in [6.07, 6.45) is 3.90. The lowest BCUT2D eigenvalue weighted by Crippen LogP contribution is -2.00. The molecule has 1 heterocycles. The van der Waals surface area contributed by atoms with Gasteiger partial charge in [0, 0.05) is 23.0 Å². The molecule has 1 N–H and O–H groups in total. The number of benzene rings is 1. The Morgan fingerprint density at radius 2 is 1.60 bits per heavy atom. The van der Waals surface area contributed by atoms with Crippen molar-refractivity contribution in [3.8, 4) is 0 Å². The molecule has 0 radical (unpaired) electrons. The van der Waals surface area contributed by atoms with Crippen molar-refractivity contribution in [2.75, 3.05) is 0 Å². The van der Waals surface area contributed by atoms with E-state index < -0.39 is 6.10 Å². The number of aromatic nitrogens is 2. The fourth-order valence-electron chi connectivity index (χ4n) is 1.29. The number of hydrogen-bond acceptors (Lipinski definition) is 3. The maximum Gasteiger partial charge on any atom is 0.115 e. The fourth-order valence-corrected chi connectivity index (χ4v) is 1.42. The Bertz CT molecular complexity index is 430. The minimum absolute atomic E-state index is 0.648. The SMILES string of the molecule is OC(c1ccc(Cl)cc1)c1cncnc1. The summed E-state index contributed by atoms with van der Waals surface area (Å²) >= 11 is 5.76. The van der Waals surface area contributed by atoms with Crippen LogP contribution in [-0.4, -0.2) is 15.1 Å². The van der Waals surface area contributed by atoms with Gasteiger partial charge in [-0.05, 0) is 17.7 Å². The molecule has 1 aromatic carbocycles. The molecular weight excluding hydrogens is 212 g/mol. The molecule has 0 fully saturated rings. The van der Waals surface area contributed by atoms with Crippen LogP contribution in [0, 0.1) is 0 Å². The van der Waals surface area contributed by atoms with Crippen LogP contribution in [0.1, 0.15) is 17.2 Å². The van der Waals surface area contributed by atoms with Crippen LogP contribution in [0.3, 0.4) is 0 Å². The van der Waals surface area contributed by atoms with E-state index in [-0.39, 0.29) is 0 Å². The van der Waals surface area contributed by atoms with Crippen LogP contribution in [0.25, 0.3) is 0 Å². The Hall–Kier alpha value is -1.45. The van der Waals surface area contributed by atoms with Crippen LogP contribution in [0.4, 0.5) is 0 Å². The smallest absolute Gasteiger partial charge is 0.115 e. The van der Waals surface area contributed by atoms with E-state index in [0.29, 0.717) is 10.6 Å². The highest BCUT2D eigenvalue weighted by atomic mass is 35.5. The van der Waals surface area contributed by atoms with Gasteiger partial charge in [-0.25, -0.2) is 9.97 Å². The van der Waals surface area contributed by atoms with Crippen molar-refractivity contribution in [2.45, 2.75) is 6.10 Å². The van der Waals surface area contributed by atoms with Crippen molar-refractivity contribution in [2.24, 2.45) is 0 Å². The number of halogens is 1. The van der Waals surface area contributed by atoms with Crippen LogP contribution in [-0.2, 0) is 0 Å². The zero-order chi connectivity index (χ0) is 10.7. The molecule has 0 aliphatic heterocycles. The zero-order valence-electron chi connectivity index (χ0n) is 7.84. The average Bonchev–Trinajstić information content (AvgIpc) is 2.30. The molecule has 2 rings (SSSR count). The van der Waals surface area contributed by atoms with E-state index >= 15 is 0 Å². The standard InChI is InChI=1S/C11H9ClN2O/c12-10-3-1-8(2-4-10)11(15)9-5-13-7-14-6-9/h1-7,11,15H. The first kappa shape index (κ1) is 10.1. The molecule has 1 unspecified atom stereocenters. The Morgan fingerprint density at radius 1 is 1.00 bits per heavy atom. The molecule has 0 amide bonds. The van der Waals surface area contributed by atoms with Crippen LogP contribution < -0.4 is 0 Å². The van der Waals surface area contributed by atoms with E-state index in [0.717, 1.165) is 5.56 Å². The molecule has 0 bridgehead atoms. The Labute approximate surface area is 92.4 Å². The number of nitrogens with zero attached hydrogens (tertiary/aromatic N) is 2. The van der Waals surface area contributed by atoms with Crippen LogP contribution >= 0.6 is 11.6 Å². The lowest BCUT2D eigenvalue weighted by atomic mass is 10.0. The first-order chi connectivity index (χ1) is 7.27. The van der Waals surface area contributed by atoms with Gasteiger partial charge in [0.15, 0.2) is 0 Å². The summed E-state index contributed by atoms with van der Waals surface area (Å²) in [5, 5.41) is 10.6. The van der Waals surface area contributed by atoms with Gasteiger partial charge in [0.05, 0.1) is 0 Å². The fraction of sp³-hybridized carbons (Fsp3) is 0.0909. The first-order valence-corrected chi connectivity index (χ1v) is 4.83. The van der Waals surface area contributed by atoms with Crippen molar-refractivity contribution in [1.82, 2.24) is 9.97 Å². The summed E-state index contributed by atoms with van der Waals surface area (Å²) in [6.45, 7) is 0. The highest BCUT2D eigenvalue weighted by Gasteiger charge is 2.09. The molecule has 0 aliphatic rings. The summed E-state index contributed by atoms with van der Waals surface area (Å²) < 4.78 is 0. The van der Waals surface area contributed by atoms with E-state index in [1.54, 1.807) is 36.7 Å². The molecule has 1 aromatic heterocycles. The van der Waals surface area contributed by atoms with E-state index in [1.807, 2.05) is 0 Å². The van der Waals surface area contributed by atoms with Gasteiger partial charge >= 0.3 is 0 Å². The van der Waals surface area contributed by atoms with Crippen LogP contribution in [0.15, 0.2) is 43.0 Å². The lowest BCUT2D eigenvalue weighted by molar-refractivity contribution is 0.219. The monoisotopic (exact) mass is 220 g/mol. The number of aliphatic hydroxyl groups excluding tert-OH is 1. The Kier molecular flexibility index (Phi) is 2.94. The maximum atomic E-state index is 9.96. The van der Waals surface area contributed by atoms with Gasteiger partial charge in [0.1, 0.15) is 12.4 Å². The molecule has 76 valence electrons. The van der Waals surface area contributed by atoms with Gasteiger partial charge in [-0.2, -0.15) is 0 Å². The van der Waals surface area contributed by atoms with Crippen molar-refractivity contribution in [3.05, 3.63) is 59.1 Å². The molecule has 0 saturated heterocycles. The van der Waals surface area contributed by atoms with Gasteiger partial charge in [-0.15, -0.1) is 0 Å². The van der Waals surface area contributed by atoms with E-state index in [2.05, 4.69) is 9.97 Å². The third-order valence-corrected chi connectivity index (χ3v) is 2.33. The normalized spacial score (nSPS) is 12.4. The second kappa shape index (κ2) is 4.38. The van der Waals surface area contributed by atoms with Crippen LogP contribution in [0.5, 0.6) is 0 Å². The minimum Gasteiger partial charge on any atom is -0.384 e. The topological polar surface area (TPSA) is 46.0 Å². The summed E-state index contributed by atoms with van der Waals surface area (Å²) in [7, 11) is 0. The minimum atomic E-state index is -0.705. The van der Waals surface area contributed by atoms with Gasteiger partial charge < -0.3 is 5.11 Å². The van der Waals surface area contributed by atoms with Gasteiger partial charge in [0.2, 0.25) is 0 Å². The summed E-state index contributed by atoms with van der Waals surface area (Å²) in [5.74, 6) is 0. The zero-order valence-corrected chi connectivity index (χ0v) is 8.59. The number of rotatable bonds is 2. The lowest BCUT2D eigenvalue weighted by Gasteiger charge is -2.09. The van der Waals surface area contributed by atoms with Crippen molar-refractivity contribution < 1.29 is 5.11 Å². The molecular formula is C11H9ClN2O. The second-order valence-electron chi connectivity index (χ2n) is 3.13. The van der Waals surface area contributed by atoms with Gasteiger partial charge in [-0.1, -0.05) is 23.7 Å². The third-order valence-electron chi connectivity index (χ3n) is 2.08. The number of hydrogen-bond donors (Lipinski definition) is 1. The predicted octanol–water partition coefficient (Wildman–Crippen LogP) is 2.21. The second-order valence-corrected chi connectivity index (χ2v) is 3.56.